The van der Waals surface area contributed by atoms with Crippen LogP contribution in [-0.4, -0.2) is 16.5 Å². The second-order valence-corrected chi connectivity index (χ2v) is 8.07. The number of hydrogen-bond donors (Lipinski definition) is 2. The van der Waals surface area contributed by atoms with Gasteiger partial charge in [0.1, 0.15) is 5.82 Å². The SMILES string of the molecule is Cc1nc(Nc2ccc3c(c2)CCCCCCCCCC3)nc2c1CCN2. The maximum absolute atomic E-state index is 4.67. The standard InChI is InChI=1S/C23H32N4/c1-17-21-14-15-24-22(21)27-23(25-17)26-20-13-12-18-10-8-6-4-2-3-5-7-9-11-19(18)16-20/h12-13,16H,2-11,14-15H2,1H3,(H2,24,25,26,27). The summed E-state index contributed by atoms with van der Waals surface area (Å²) in [5.74, 6) is 1.70. The fourth-order valence-corrected chi connectivity index (χ4v) is 4.40. The van der Waals surface area contributed by atoms with Crippen molar-refractivity contribution in [1.29, 1.82) is 0 Å². The van der Waals surface area contributed by atoms with Crippen LogP contribution >= 0.6 is 0 Å². The van der Waals surface area contributed by atoms with Crippen LogP contribution in [0.4, 0.5) is 17.5 Å². The van der Waals surface area contributed by atoms with Crippen molar-refractivity contribution in [2.45, 2.75) is 77.6 Å². The van der Waals surface area contributed by atoms with Gasteiger partial charge in [-0.2, -0.15) is 4.98 Å². The Kier molecular flexibility index (Phi) is 5.90. The number of rotatable bonds is 2. The van der Waals surface area contributed by atoms with Crippen molar-refractivity contribution >= 4 is 17.5 Å². The highest BCUT2D eigenvalue weighted by molar-refractivity contribution is 5.60. The third-order valence-corrected chi connectivity index (χ3v) is 5.99. The van der Waals surface area contributed by atoms with Crippen LogP contribution in [0.2, 0.25) is 0 Å². The monoisotopic (exact) mass is 364 g/mol. The molecule has 0 bridgehead atoms. The molecule has 1 aliphatic heterocycles. The molecular formula is C23H32N4. The minimum Gasteiger partial charge on any atom is -0.369 e. The quantitative estimate of drug-likeness (QED) is 0.716. The van der Waals surface area contributed by atoms with E-state index in [1.807, 2.05) is 0 Å². The number of aryl methyl sites for hydroxylation is 3. The van der Waals surface area contributed by atoms with Crippen molar-refractivity contribution in [3.8, 4) is 0 Å². The first kappa shape index (κ1) is 18.3. The van der Waals surface area contributed by atoms with Crippen LogP contribution in [0.5, 0.6) is 0 Å². The lowest BCUT2D eigenvalue weighted by Crippen LogP contribution is -2.04. The average Bonchev–Trinajstić information content (AvgIpc) is 3.12. The number of benzene rings is 1. The number of fused-ring (bicyclic) bond motifs is 2. The molecule has 27 heavy (non-hydrogen) atoms. The van der Waals surface area contributed by atoms with Gasteiger partial charge in [0, 0.05) is 23.5 Å². The molecule has 0 fully saturated rings. The van der Waals surface area contributed by atoms with Crippen LogP contribution in [0.3, 0.4) is 0 Å². The van der Waals surface area contributed by atoms with E-state index in [9.17, 15) is 0 Å². The molecule has 0 unspecified atom stereocenters. The van der Waals surface area contributed by atoms with E-state index in [1.165, 1.54) is 80.9 Å². The molecule has 2 aliphatic rings. The summed E-state index contributed by atoms with van der Waals surface area (Å²) in [5.41, 5.74) is 6.50. The van der Waals surface area contributed by atoms with Gasteiger partial charge < -0.3 is 10.6 Å². The fourth-order valence-electron chi connectivity index (χ4n) is 4.40. The van der Waals surface area contributed by atoms with E-state index >= 15 is 0 Å². The zero-order valence-corrected chi connectivity index (χ0v) is 16.6. The minimum atomic E-state index is 0.703. The van der Waals surface area contributed by atoms with Gasteiger partial charge in [0.2, 0.25) is 5.95 Å². The molecule has 2 aromatic rings. The topological polar surface area (TPSA) is 49.8 Å². The molecule has 0 saturated heterocycles. The summed E-state index contributed by atoms with van der Waals surface area (Å²) in [6.45, 7) is 3.05. The van der Waals surface area contributed by atoms with Crippen molar-refractivity contribution in [2.75, 3.05) is 17.2 Å². The van der Waals surface area contributed by atoms with E-state index in [2.05, 4.69) is 45.7 Å². The van der Waals surface area contributed by atoms with Crippen molar-refractivity contribution < 1.29 is 0 Å². The van der Waals surface area contributed by atoms with Gasteiger partial charge >= 0.3 is 0 Å². The van der Waals surface area contributed by atoms with Gasteiger partial charge in [0.25, 0.3) is 0 Å². The Morgan fingerprint density at radius 2 is 1.52 bits per heavy atom. The van der Waals surface area contributed by atoms with E-state index in [0.717, 1.165) is 30.2 Å². The summed E-state index contributed by atoms with van der Waals surface area (Å²) in [7, 11) is 0. The third kappa shape index (κ3) is 4.60. The Labute approximate surface area is 163 Å². The van der Waals surface area contributed by atoms with Gasteiger partial charge in [-0.3, -0.25) is 0 Å². The van der Waals surface area contributed by atoms with Gasteiger partial charge in [0.15, 0.2) is 0 Å². The zero-order valence-electron chi connectivity index (χ0n) is 16.6. The van der Waals surface area contributed by atoms with E-state index < -0.39 is 0 Å². The van der Waals surface area contributed by atoms with E-state index in [4.69, 9.17) is 0 Å². The molecule has 0 saturated carbocycles. The minimum absolute atomic E-state index is 0.703. The molecule has 4 heteroatoms. The maximum atomic E-state index is 4.67. The Morgan fingerprint density at radius 3 is 2.30 bits per heavy atom. The van der Waals surface area contributed by atoms with E-state index in [0.29, 0.717) is 5.95 Å². The number of hydrogen-bond acceptors (Lipinski definition) is 4. The molecule has 2 N–H and O–H groups in total. The first-order valence-corrected chi connectivity index (χ1v) is 10.8. The Bertz CT molecular complexity index is 784. The lowest BCUT2D eigenvalue weighted by atomic mass is 9.94. The fraction of sp³-hybridized carbons (Fsp3) is 0.565. The van der Waals surface area contributed by atoms with Crippen LogP contribution in [0.25, 0.3) is 0 Å². The van der Waals surface area contributed by atoms with E-state index in [-0.39, 0.29) is 0 Å². The van der Waals surface area contributed by atoms with E-state index in [1.54, 1.807) is 0 Å². The van der Waals surface area contributed by atoms with Crippen molar-refractivity contribution in [3.63, 3.8) is 0 Å². The summed E-state index contributed by atoms with van der Waals surface area (Å²) in [6, 6.07) is 6.85. The summed E-state index contributed by atoms with van der Waals surface area (Å²) in [5, 5.41) is 6.81. The molecule has 1 aromatic heterocycles. The third-order valence-electron chi connectivity index (χ3n) is 5.99. The molecule has 0 radical (unpaired) electrons. The molecular weight excluding hydrogens is 332 g/mol. The molecule has 1 aromatic carbocycles. The number of nitrogens with zero attached hydrogens (tertiary/aromatic N) is 2. The van der Waals surface area contributed by atoms with Crippen LogP contribution in [0.15, 0.2) is 18.2 Å². The van der Waals surface area contributed by atoms with Gasteiger partial charge in [-0.15, -0.1) is 0 Å². The maximum Gasteiger partial charge on any atom is 0.229 e. The first-order valence-electron chi connectivity index (χ1n) is 10.8. The predicted molar refractivity (Wildman–Crippen MR) is 113 cm³/mol. The molecule has 2 heterocycles. The summed E-state index contributed by atoms with van der Waals surface area (Å²) >= 11 is 0. The smallest absolute Gasteiger partial charge is 0.229 e. The van der Waals surface area contributed by atoms with Crippen LogP contribution in [0.1, 0.15) is 73.8 Å². The van der Waals surface area contributed by atoms with Crippen LogP contribution in [0, 0.1) is 6.92 Å². The first-order chi connectivity index (χ1) is 13.3. The van der Waals surface area contributed by atoms with Crippen LogP contribution < -0.4 is 10.6 Å². The van der Waals surface area contributed by atoms with Crippen molar-refractivity contribution in [2.24, 2.45) is 0 Å². The summed E-state index contributed by atoms with van der Waals surface area (Å²) in [6.07, 6.45) is 14.4. The summed E-state index contributed by atoms with van der Waals surface area (Å²) < 4.78 is 0. The lowest BCUT2D eigenvalue weighted by molar-refractivity contribution is 0.560. The molecule has 144 valence electrons. The number of anilines is 3. The van der Waals surface area contributed by atoms with Crippen molar-refractivity contribution in [1.82, 2.24) is 9.97 Å². The number of nitrogens with one attached hydrogen (secondary N) is 2. The molecule has 0 spiro atoms. The van der Waals surface area contributed by atoms with Crippen LogP contribution in [-0.2, 0) is 19.3 Å². The molecule has 0 amide bonds. The summed E-state index contributed by atoms with van der Waals surface area (Å²) in [4.78, 5) is 9.35. The molecule has 0 atom stereocenters. The second-order valence-electron chi connectivity index (χ2n) is 8.07. The van der Waals surface area contributed by atoms with Gasteiger partial charge in [-0.25, -0.2) is 4.98 Å². The Morgan fingerprint density at radius 1 is 0.815 bits per heavy atom. The molecule has 4 nitrogen and oxygen atoms in total. The second kappa shape index (κ2) is 8.73. The highest BCUT2D eigenvalue weighted by Crippen LogP contribution is 2.27. The van der Waals surface area contributed by atoms with Crippen molar-refractivity contribution in [3.05, 3.63) is 40.6 Å². The Hall–Kier alpha value is -2.10. The Balaban J connectivity index is 1.52. The highest BCUT2D eigenvalue weighted by Gasteiger charge is 2.16. The predicted octanol–water partition coefficient (Wildman–Crippen LogP) is 5.72. The molecule has 1 aliphatic carbocycles. The average molecular weight is 365 g/mol. The highest BCUT2D eigenvalue weighted by atomic mass is 15.2. The van der Waals surface area contributed by atoms with Gasteiger partial charge in [-0.1, -0.05) is 44.6 Å². The number of aromatic nitrogens is 2. The largest absolute Gasteiger partial charge is 0.369 e. The lowest BCUT2D eigenvalue weighted by Gasteiger charge is -2.15. The van der Waals surface area contributed by atoms with Gasteiger partial charge in [-0.05, 0) is 62.3 Å². The normalized spacial score (nSPS) is 17.8. The van der Waals surface area contributed by atoms with Gasteiger partial charge in [0.05, 0.1) is 0 Å². The molecule has 4 rings (SSSR count). The zero-order chi connectivity index (χ0) is 18.5.